The number of aliphatic hydroxyl groups is 1. The van der Waals surface area contributed by atoms with E-state index in [2.05, 4.69) is 15.9 Å². The normalized spacial score (nSPS) is 14.9. The van der Waals surface area contributed by atoms with Crippen molar-refractivity contribution < 1.29 is 9.50 Å². The van der Waals surface area contributed by atoms with Crippen LogP contribution in [0.15, 0.2) is 16.6 Å². The molecule has 90 valence electrons. The number of rotatable bonds is 4. The molecule has 0 heterocycles. The van der Waals surface area contributed by atoms with Gasteiger partial charge in [-0.05, 0) is 28.4 Å². The van der Waals surface area contributed by atoms with Crippen LogP contribution in [-0.2, 0) is 5.60 Å². The molecule has 0 saturated carbocycles. The van der Waals surface area contributed by atoms with Gasteiger partial charge in [0.25, 0.3) is 0 Å². The third-order valence-corrected chi connectivity index (χ3v) is 3.80. The molecule has 0 aliphatic rings. The van der Waals surface area contributed by atoms with Crippen LogP contribution in [-0.4, -0.2) is 11.7 Å². The van der Waals surface area contributed by atoms with Gasteiger partial charge in [-0.1, -0.05) is 31.0 Å². The molecule has 0 spiro atoms. The molecular formula is C11H14BrClFNO. The molecule has 0 amide bonds. The van der Waals surface area contributed by atoms with Crippen LogP contribution in [0, 0.1) is 5.82 Å². The Labute approximate surface area is 108 Å². The maximum absolute atomic E-state index is 13.9. The Hall–Kier alpha value is -0.160. The zero-order valence-electron chi connectivity index (χ0n) is 8.93. The van der Waals surface area contributed by atoms with Gasteiger partial charge in [-0.15, -0.1) is 0 Å². The van der Waals surface area contributed by atoms with E-state index < -0.39 is 11.4 Å². The number of hydrogen-bond donors (Lipinski definition) is 2. The van der Waals surface area contributed by atoms with E-state index in [0.29, 0.717) is 17.3 Å². The van der Waals surface area contributed by atoms with Crippen molar-refractivity contribution >= 4 is 27.5 Å². The molecule has 0 saturated heterocycles. The Kier molecular flexibility index (Phi) is 4.73. The van der Waals surface area contributed by atoms with Crippen LogP contribution in [0.4, 0.5) is 4.39 Å². The first kappa shape index (κ1) is 13.9. The highest BCUT2D eigenvalue weighted by Gasteiger charge is 2.31. The second-order valence-electron chi connectivity index (χ2n) is 3.71. The maximum Gasteiger partial charge on any atom is 0.149 e. The van der Waals surface area contributed by atoms with Crippen LogP contribution in [0.25, 0.3) is 0 Å². The SMILES string of the molecule is CCCC(O)(CN)c1ccc(Br)c(Cl)c1F. The van der Waals surface area contributed by atoms with E-state index >= 15 is 0 Å². The number of halogens is 3. The maximum atomic E-state index is 13.9. The highest BCUT2D eigenvalue weighted by molar-refractivity contribution is 9.10. The lowest BCUT2D eigenvalue weighted by Gasteiger charge is -2.27. The van der Waals surface area contributed by atoms with E-state index in [1.165, 1.54) is 6.07 Å². The molecule has 16 heavy (non-hydrogen) atoms. The molecule has 1 aromatic rings. The molecule has 0 aromatic heterocycles. The van der Waals surface area contributed by atoms with Crippen LogP contribution >= 0.6 is 27.5 Å². The molecule has 1 unspecified atom stereocenters. The molecule has 1 atom stereocenters. The molecule has 3 N–H and O–H groups in total. The summed E-state index contributed by atoms with van der Waals surface area (Å²) in [6, 6.07) is 3.12. The summed E-state index contributed by atoms with van der Waals surface area (Å²) in [6.45, 7) is 1.87. The predicted molar refractivity (Wildman–Crippen MR) is 67.0 cm³/mol. The molecule has 5 heteroatoms. The van der Waals surface area contributed by atoms with E-state index in [-0.39, 0.29) is 17.1 Å². The van der Waals surface area contributed by atoms with Crippen LogP contribution in [0.2, 0.25) is 5.02 Å². The zero-order chi connectivity index (χ0) is 12.3. The van der Waals surface area contributed by atoms with Gasteiger partial charge in [0.05, 0.1) is 5.02 Å². The van der Waals surface area contributed by atoms with Gasteiger partial charge in [-0.2, -0.15) is 0 Å². The van der Waals surface area contributed by atoms with Crippen LogP contribution < -0.4 is 5.73 Å². The monoisotopic (exact) mass is 309 g/mol. The van der Waals surface area contributed by atoms with Crippen molar-refractivity contribution in [1.82, 2.24) is 0 Å². The van der Waals surface area contributed by atoms with Gasteiger partial charge in [-0.3, -0.25) is 0 Å². The Morgan fingerprint density at radius 1 is 1.56 bits per heavy atom. The number of nitrogens with two attached hydrogens (primary N) is 1. The summed E-state index contributed by atoms with van der Waals surface area (Å²) in [6.07, 6.45) is 1.11. The Morgan fingerprint density at radius 3 is 2.69 bits per heavy atom. The van der Waals surface area contributed by atoms with Gasteiger partial charge in [0.2, 0.25) is 0 Å². The van der Waals surface area contributed by atoms with E-state index in [9.17, 15) is 9.50 Å². The molecule has 0 aliphatic heterocycles. The third kappa shape index (κ3) is 2.56. The van der Waals surface area contributed by atoms with Crippen molar-refractivity contribution in [2.45, 2.75) is 25.4 Å². The number of hydrogen-bond acceptors (Lipinski definition) is 2. The van der Waals surface area contributed by atoms with Crippen molar-refractivity contribution in [3.05, 3.63) is 33.0 Å². The Morgan fingerprint density at radius 2 is 2.19 bits per heavy atom. The van der Waals surface area contributed by atoms with Crippen molar-refractivity contribution in [1.29, 1.82) is 0 Å². The van der Waals surface area contributed by atoms with Crippen LogP contribution in [0.1, 0.15) is 25.3 Å². The second-order valence-corrected chi connectivity index (χ2v) is 4.94. The van der Waals surface area contributed by atoms with Gasteiger partial charge in [0, 0.05) is 16.6 Å². The molecule has 2 nitrogen and oxygen atoms in total. The third-order valence-electron chi connectivity index (χ3n) is 2.54. The minimum Gasteiger partial charge on any atom is -0.384 e. The standard InChI is InChI=1S/C11H14BrClFNO/c1-2-5-11(16,6-15)7-3-4-8(12)9(13)10(7)14/h3-4,16H,2,5-6,15H2,1H3. The fourth-order valence-electron chi connectivity index (χ4n) is 1.65. The summed E-state index contributed by atoms with van der Waals surface area (Å²) in [7, 11) is 0. The van der Waals surface area contributed by atoms with Crippen LogP contribution in [0.3, 0.4) is 0 Å². The van der Waals surface area contributed by atoms with Gasteiger partial charge >= 0.3 is 0 Å². The minimum absolute atomic E-state index is 0.0273. The predicted octanol–water partition coefficient (Wildman–Crippen LogP) is 3.19. The average molecular weight is 311 g/mol. The first-order valence-electron chi connectivity index (χ1n) is 5.02. The summed E-state index contributed by atoms with van der Waals surface area (Å²) >= 11 is 8.90. The highest BCUT2D eigenvalue weighted by atomic mass is 79.9. The molecule has 0 aliphatic carbocycles. The van der Waals surface area contributed by atoms with Crippen molar-refractivity contribution in [3.8, 4) is 0 Å². The average Bonchev–Trinajstić information content (AvgIpc) is 2.26. The lowest BCUT2D eigenvalue weighted by Crippen LogP contribution is -2.35. The molecule has 0 radical (unpaired) electrons. The molecular weight excluding hydrogens is 296 g/mol. The van der Waals surface area contributed by atoms with Gasteiger partial charge < -0.3 is 10.8 Å². The summed E-state index contributed by atoms with van der Waals surface area (Å²) in [5, 5.41) is 10.2. The van der Waals surface area contributed by atoms with E-state index in [1.807, 2.05) is 6.92 Å². The fraction of sp³-hybridized carbons (Fsp3) is 0.455. The lowest BCUT2D eigenvalue weighted by atomic mass is 9.89. The number of benzene rings is 1. The second kappa shape index (κ2) is 5.45. The van der Waals surface area contributed by atoms with Gasteiger partial charge in [0.15, 0.2) is 0 Å². The van der Waals surface area contributed by atoms with Gasteiger partial charge in [-0.25, -0.2) is 4.39 Å². The highest BCUT2D eigenvalue weighted by Crippen LogP contribution is 2.34. The topological polar surface area (TPSA) is 46.2 Å². The first-order chi connectivity index (χ1) is 7.46. The van der Waals surface area contributed by atoms with Crippen molar-refractivity contribution in [2.24, 2.45) is 5.73 Å². The Bertz CT molecular complexity index is 388. The van der Waals surface area contributed by atoms with Crippen molar-refractivity contribution in [2.75, 3.05) is 6.54 Å². The van der Waals surface area contributed by atoms with Crippen molar-refractivity contribution in [3.63, 3.8) is 0 Å². The lowest BCUT2D eigenvalue weighted by molar-refractivity contribution is 0.0324. The zero-order valence-corrected chi connectivity index (χ0v) is 11.3. The first-order valence-corrected chi connectivity index (χ1v) is 6.19. The Balaban J connectivity index is 3.26. The van der Waals surface area contributed by atoms with Gasteiger partial charge in [0.1, 0.15) is 11.4 Å². The summed E-state index contributed by atoms with van der Waals surface area (Å²) in [5.74, 6) is -0.613. The molecule has 0 bridgehead atoms. The largest absolute Gasteiger partial charge is 0.384 e. The molecule has 0 fully saturated rings. The van der Waals surface area contributed by atoms with E-state index in [0.717, 1.165) is 0 Å². The molecule has 1 rings (SSSR count). The van der Waals surface area contributed by atoms with E-state index in [1.54, 1.807) is 6.07 Å². The van der Waals surface area contributed by atoms with E-state index in [4.69, 9.17) is 17.3 Å². The summed E-state index contributed by atoms with van der Waals surface area (Å²) < 4.78 is 14.4. The van der Waals surface area contributed by atoms with Crippen LogP contribution in [0.5, 0.6) is 0 Å². The smallest absolute Gasteiger partial charge is 0.149 e. The molecule has 1 aromatic carbocycles. The summed E-state index contributed by atoms with van der Waals surface area (Å²) in [4.78, 5) is 0. The summed E-state index contributed by atoms with van der Waals surface area (Å²) in [5.41, 5.74) is 4.32. The fourth-order valence-corrected chi connectivity index (χ4v) is 2.12. The quantitative estimate of drug-likeness (QED) is 0.839. The minimum atomic E-state index is -1.34.